The molecule has 0 aromatic carbocycles. The van der Waals surface area contributed by atoms with E-state index in [1.807, 2.05) is 6.92 Å². The molecule has 0 bridgehead atoms. The van der Waals surface area contributed by atoms with Crippen LogP contribution in [0, 0.1) is 6.92 Å². The molecule has 1 N–H and O–H groups in total. The Labute approximate surface area is 103 Å². The van der Waals surface area contributed by atoms with Crippen molar-refractivity contribution in [2.45, 2.75) is 26.7 Å². The highest BCUT2D eigenvalue weighted by Gasteiger charge is 2.22. The van der Waals surface area contributed by atoms with Crippen molar-refractivity contribution >= 4 is 17.1 Å². The Hall–Kier alpha value is -2.11. The molecular weight excluding hydrogens is 236 g/mol. The summed E-state index contributed by atoms with van der Waals surface area (Å²) in [6, 6.07) is 0. The van der Waals surface area contributed by atoms with Crippen molar-refractivity contribution in [2.24, 2.45) is 0 Å². The van der Waals surface area contributed by atoms with Gasteiger partial charge in [-0.05, 0) is 13.3 Å². The number of aryl methyl sites for hydroxylation is 1. The number of furan rings is 1. The zero-order chi connectivity index (χ0) is 13.1. The highest BCUT2D eigenvalue weighted by molar-refractivity contribution is 6.03. The van der Waals surface area contributed by atoms with Crippen LogP contribution < -0.4 is 5.56 Å². The Morgan fingerprint density at radius 3 is 3.06 bits per heavy atom. The monoisotopic (exact) mass is 250 g/mol. The van der Waals surface area contributed by atoms with Crippen LogP contribution in [0.1, 0.15) is 35.9 Å². The number of nitrogens with one attached hydrogen (secondary N) is 1. The number of aromatic nitrogens is 2. The number of unbranched alkanes of at least 4 members (excludes halogenated alkanes) is 1. The molecule has 0 saturated heterocycles. The number of rotatable bonds is 4. The van der Waals surface area contributed by atoms with E-state index in [9.17, 15) is 9.59 Å². The summed E-state index contributed by atoms with van der Waals surface area (Å²) < 4.78 is 10.4. The van der Waals surface area contributed by atoms with E-state index in [2.05, 4.69) is 9.97 Å². The average Bonchev–Trinajstić information content (AvgIpc) is 2.67. The molecule has 0 atom stereocenters. The minimum Gasteiger partial charge on any atom is -0.462 e. The number of ether oxygens (including phenoxy) is 1. The van der Waals surface area contributed by atoms with Crippen molar-refractivity contribution in [1.82, 2.24) is 9.97 Å². The van der Waals surface area contributed by atoms with Crippen molar-refractivity contribution in [3.05, 3.63) is 28.0 Å². The molecule has 0 unspecified atom stereocenters. The predicted octanol–water partition coefficient (Wildman–Crippen LogP) is 1.78. The lowest BCUT2D eigenvalue weighted by Gasteiger charge is -2.02. The van der Waals surface area contributed by atoms with Gasteiger partial charge in [-0.15, -0.1) is 0 Å². The van der Waals surface area contributed by atoms with Gasteiger partial charge in [0.2, 0.25) is 5.71 Å². The number of esters is 1. The van der Waals surface area contributed by atoms with Crippen LogP contribution in [-0.2, 0) is 4.74 Å². The predicted molar refractivity (Wildman–Crippen MR) is 64.6 cm³/mol. The van der Waals surface area contributed by atoms with Crippen molar-refractivity contribution in [3.63, 3.8) is 0 Å². The normalized spacial score (nSPS) is 10.8. The van der Waals surface area contributed by atoms with Gasteiger partial charge in [-0.3, -0.25) is 4.79 Å². The Kier molecular flexibility index (Phi) is 3.45. The lowest BCUT2D eigenvalue weighted by atomic mass is 10.2. The zero-order valence-corrected chi connectivity index (χ0v) is 10.3. The molecule has 0 saturated carbocycles. The third-order valence-electron chi connectivity index (χ3n) is 2.61. The van der Waals surface area contributed by atoms with Crippen molar-refractivity contribution < 1.29 is 13.9 Å². The number of hydrogen-bond acceptors (Lipinski definition) is 5. The van der Waals surface area contributed by atoms with Crippen LogP contribution in [0.15, 0.2) is 15.5 Å². The average molecular weight is 250 g/mol. The SMILES string of the molecule is CCCCOC(=O)c1c(C)oc2nc[nH]c(=O)c12. The molecule has 2 rings (SSSR count). The van der Waals surface area contributed by atoms with Crippen LogP contribution in [0.25, 0.3) is 11.1 Å². The number of hydrogen-bond donors (Lipinski definition) is 1. The van der Waals surface area contributed by atoms with Gasteiger partial charge in [-0.25, -0.2) is 9.78 Å². The minimum absolute atomic E-state index is 0.150. The second-order valence-corrected chi connectivity index (χ2v) is 3.93. The van der Waals surface area contributed by atoms with E-state index < -0.39 is 11.5 Å². The van der Waals surface area contributed by atoms with Gasteiger partial charge in [0.15, 0.2) is 0 Å². The molecular formula is C12H14N2O4. The summed E-state index contributed by atoms with van der Waals surface area (Å²) in [6.07, 6.45) is 2.95. The van der Waals surface area contributed by atoms with Crippen LogP contribution in [0.3, 0.4) is 0 Å². The second kappa shape index (κ2) is 5.03. The van der Waals surface area contributed by atoms with Crippen molar-refractivity contribution in [3.8, 4) is 0 Å². The fraction of sp³-hybridized carbons (Fsp3) is 0.417. The van der Waals surface area contributed by atoms with Crippen LogP contribution in [0.4, 0.5) is 0 Å². The maximum atomic E-state index is 11.9. The quantitative estimate of drug-likeness (QED) is 0.660. The van der Waals surface area contributed by atoms with E-state index >= 15 is 0 Å². The van der Waals surface area contributed by atoms with Crippen molar-refractivity contribution in [2.75, 3.05) is 6.61 Å². The maximum absolute atomic E-state index is 11.9. The number of carbonyl (C=O) groups is 1. The van der Waals surface area contributed by atoms with Gasteiger partial charge in [-0.1, -0.05) is 13.3 Å². The first-order chi connectivity index (χ1) is 8.65. The maximum Gasteiger partial charge on any atom is 0.342 e. The molecule has 0 aliphatic carbocycles. The van der Waals surface area contributed by atoms with E-state index in [-0.39, 0.29) is 16.7 Å². The topological polar surface area (TPSA) is 85.2 Å². The molecule has 2 aromatic rings. The van der Waals surface area contributed by atoms with Crippen LogP contribution in [-0.4, -0.2) is 22.5 Å². The third-order valence-corrected chi connectivity index (χ3v) is 2.61. The molecule has 0 aliphatic rings. The first-order valence-corrected chi connectivity index (χ1v) is 5.79. The summed E-state index contributed by atoms with van der Waals surface area (Å²) in [5.74, 6) is -0.200. The van der Waals surface area contributed by atoms with E-state index in [1.165, 1.54) is 6.33 Å². The summed E-state index contributed by atoms with van der Waals surface area (Å²) in [5, 5.41) is 0.150. The molecule has 0 spiro atoms. The van der Waals surface area contributed by atoms with E-state index in [1.54, 1.807) is 6.92 Å². The summed E-state index contributed by atoms with van der Waals surface area (Å²) in [6.45, 7) is 3.94. The lowest BCUT2D eigenvalue weighted by Crippen LogP contribution is -2.12. The summed E-state index contributed by atoms with van der Waals surface area (Å²) >= 11 is 0. The molecule has 2 heterocycles. The second-order valence-electron chi connectivity index (χ2n) is 3.93. The number of nitrogens with zero attached hydrogens (tertiary/aromatic N) is 1. The molecule has 18 heavy (non-hydrogen) atoms. The van der Waals surface area contributed by atoms with Crippen LogP contribution in [0.5, 0.6) is 0 Å². The van der Waals surface area contributed by atoms with Gasteiger partial charge in [-0.2, -0.15) is 0 Å². The van der Waals surface area contributed by atoms with Crippen molar-refractivity contribution in [1.29, 1.82) is 0 Å². The largest absolute Gasteiger partial charge is 0.462 e. The Morgan fingerprint density at radius 2 is 2.33 bits per heavy atom. The summed E-state index contributed by atoms with van der Waals surface area (Å²) in [7, 11) is 0. The summed E-state index contributed by atoms with van der Waals surface area (Å²) in [5.41, 5.74) is -0.0894. The molecule has 6 heteroatoms. The molecule has 0 radical (unpaired) electrons. The van der Waals surface area contributed by atoms with Crippen LogP contribution in [0.2, 0.25) is 0 Å². The Bertz CT molecular complexity index is 627. The first-order valence-electron chi connectivity index (χ1n) is 5.79. The Balaban J connectivity index is 2.41. The highest BCUT2D eigenvalue weighted by atomic mass is 16.5. The standard InChI is InChI=1S/C12H14N2O4/c1-3-4-5-17-12(16)8-7(2)18-11-9(8)10(15)13-6-14-11/h6H,3-5H2,1-2H3,(H,13,14,15). The van der Waals surface area contributed by atoms with E-state index in [4.69, 9.17) is 9.15 Å². The third kappa shape index (κ3) is 2.13. The summed E-state index contributed by atoms with van der Waals surface area (Å²) in [4.78, 5) is 29.9. The van der Waals surface area contributed by atoms with Gasteiger partial charge >= 0.3 is 5.97 Å². The number of H-pyrrole nitrogens is 1. The zero-order valence-electron chi connectivity index (χ0n) is 10.3. The molecule has 0 aliphatic heterocycles. The first kappa shape index (κ1) is 12.3. The van der Waals surface area contributed by atoms with Gasteiger partial charge in [0, 0.05) is 0 Å². The lowest BCUT2D eigenvalue weighted by molar-refractivity contribution is 0.0499. The minimum atomic E-state index is -0.543. The molecule has 6 nitrogen and oxygen atoms in total. The van der Waals surface area contributed by atoms with E-state index in [0.29, 0.717) is 12.4 Å². The molecule has 2 aromatic heterocycles. The highest BCUT2D eigenvalue weighted by Crippen LogP contribution is 2.21. The van der Waals surface area contributed by atoms with Gasteiger partial charge < -0.3 is 14.1 Å². The Morgan fingerprint density at radius 1 is 1.56 bits per heavy atom. The van der Waals surface area contributed by atoms with E-state index in [0.717, 1.165) is 12.8 Å². The fourth-order valence-corrected chi connectivity index (χ4v) is 1.68. The van der Waals surface area contributed by atoms with Crippen LogP contribution >= 0.6 is 0 Å². The molecule has 0 amide bonds. The number of carbonyl (C=O) groups excluding carboxylic acids is 1. The molecule has 0 fully saturated rings. The smallest absolute Gasteiger partial charge is 0.342 e. The number of aromatic amines is 1. The van der Waals surface area contributed by atoms with Gasteiger partial charge in [0.1, 0.15) is 16.7 Å². The molecule has 96 valence electrons. The number of fused-ring (bicyclic) bond motifs is 1. The van der Waals surface area contributed by atoms with Gasteiger partial charge in [0.05, 0.1) is 12.9 Å². The fourth-order valence-electron chi connectivity index (χ4n) is 1.68. The van der Waals surface area contributed by atoms with Gasteiger partial charge in [0.25, 0.3) is 5.56 Å².